The molecule has 0 N–H and O–H groups in total. The van der Waals surface area contributed by atoms with Crippen molar-refractivity contribution in [3.05, 3.63) is 0 Å². The first-order valence-electron chi connectivity index (χ1n) is 5.31. The Kier molecular flexibility index (Phi) is 2.18. The summed E-state index contributed by atoms with van der Waals surface area (Å²) in [7, 11) is 2.17. The zero-order valence-electron chi connectivity index (χ0n) is 8.79. The molecule has 4 atom stereocenters. The molecule has 2 nitrogen and oxygen atoms in total. The third kappa shape index (κ3) is 1.41. The van der Waals surface area contributed by atoms with Gasteiger partial charge in [0.15, 0.2) is 0 Å². The number of fused-ring (bicyclic) bond motifs is 1. The molecule has 74 valence electrons. The molecule has 0 unspecified atom stereocenters. The molecule has 1 aliphatic carbocycles. The SMILES string of the molecule is C[C@@H]1CN(C)C[C@H]2[C@@H]1CC(=O)[C@@H]2C. The standard InChI is InChI=1S/C11H19NO/c1-7-5-12(3)6-10-8(2)11(13)4-9(7)10/h7-10H,4-6H2,1-3H3/t7-,8-,9-,10-/m1/s1. The molecule has 1 heterocycles. The highest BCUT2D eigenvalue weighted by molar-refractivity contribution is 5.83. The molecule has 0 aromatic carbocycles. The van der Waals surface area contributed by atoms with E-state index in [1.54, 1.807) is 0 Å². The lowest BCUT2D eigenvalue weighted by atomic mass is 9.79. The van der Waals surface area contributed by atoms with Crippen molar-refractivity contribution < 1.29 is 4.79 Å². The summed E-state index contributed by atoms with van der Waals surface area (Å²) in [5.41, 5.74) is 0. The topological polar surface area (TPSA) is 20.3 Å². The molecular weight excluding hydrogens is 162 g/mol. The summed E-state index contributed by atoms with van der Waals surface area (Å²) in [6.07, 6.45) is 0.848. The Morgan fingerprint density at radius 2 is 1.92 bits per heavy atom. The maximum absolute atomic E-state index is 11.6. The fourth-order valence-electron chi connectivity index (χ4n) is 3.16. The number of ketones is 1. The number of rotatable bonds is 0. The summed E-state index contributed by atoms with van der Waals surface area (Å²) in [4.78, 5) is 14.0. The number of likely N-dealkylation sites (tertiary alicyclic amines) is 1. The second-order valence-electron chi connectivity index (χ2n) is 4.99. The van der Waals surface area contributed by atoms with Crippen molar-refractivity contribution in [2.75, 3.05) is 20.1 Å². The van der Waals surface area contributed by atoms with Crippen LogP contribution < -0.4 is 0 Å². The van der Waals surface area contributed by atoms with Crippen LogP contribution in [0.25, 0.3) is 0 Å². The summed E-state index contributed by atoms with van der Waals surface area (Å²) < 4.78 is 0. The first kappa shape index (κ1) is 9.20. The minimum absolute atomic E-state index is 0.315. The quantitative estimate of drug-likeness (QED) is 0.563. The molecule has 0 amide bonds. The fourth-order valence-corrected chi connectivity index (χ4v) is 3.16. The van der Waals surface area contributed by atoms with E-state index in [-0.39, 0.29) is 0 Å². The molecule has 2 aliphatic rings. The Hall–Kier alpha value is -0.370. The third-order valence-electron chi connectivity index (χ3n) is 3.99. The molecular formula is C11H19NO. The molecule has 1 aliphatic heterocycles. The van der Waals surface area contributed by atoms with Gasteiger partial charge >= 0.3 is 0 Å². The van der Waals surface area contributed by atoms with Crippen molar-refractivity contribution in [3.63, 3.8) is 0 Å². The zero-order valence-corrected chi connectivity index (χ0v) is 8.79. The summed E-state index contributed by atoms with van der Waals surface area (Å²) in [5.74, 6) is 2.84. The predicted molar refractivity (Wildman–Crippen MR) is 52.4 cm³/mol. The van der Waals surface area contributed by atoms with Crippen LogP contribution in [-0.2, 0) is 4.79 Å². The normalized spacial score (nSPS) is 46.5. The average Bonchev–Trinajstić information content (AvgIpc) is 2.32. The fraction of sp³-hybridized carbons (Fsp3) is 0.909. The lowest BCUT2D eigenvalue weighted by molar-refractivity contribution is -0.120. The van der Waals surface area contributed by atoms with Gasteiger partial charge in [0.2, 0.25) is 0 Å². The van der Waals surface area contributed by atoms with E-state index in [1.807, 2.05) is 0 Å². The van der Waals surface area contributed by atoms with Gasteiger partial charge in [-0.3, -0.25) is 4.79 Å². The van der Waals surface area contributed by atoms with E-state index in [4.69, 9.17) is 0 Å². The van der Waals surface area contributed by atoms with Gasteiger partial charge in [0, 0.05) is 25.4 Å². The molecule has 2 heteroatoms. The van der Waals surface area contributed by atoms with Crippen LogP contribution in [0.15, 0.2) is 0 Å². The van der Waals surface area contributed by atoms with E-state index >= 15 is 0 Å². The van der Waals surface area contributed by atoms with Gasteiger partial charge in [-0.1, -0.05) is 13.8 Å². The van der Waals surface area contributed by atoms with Crippen LogP contribution in [0.5, 0.6) is 0 Å². The maximum Gasteiger partial charge on any atom is 0.136 e. The predicted octanol–water partition coefficient (Wildman–Crippen LogP) is 1.41. The number of hydrogen-bond donors (Lipinski definition) is 0. The summed E-state index contributed by atoms with van der Waals surface area (Å²) in [6.45, 7) is 6.70. The molecule has 0 radical (unpaired) electrons. The largest absolute Gasteiger partial charge is 0.306 e. The van der Waals surface area contributed by atoms with Gasteiger partial charge in [-0.15, -0.1) is 0 Å². The van der Waals surface area contributed by atoms with Crippen LogP contribution in [0.1, 0.15) is 20.3 Å². The second-order valence-corrected chi connectivity index (χ2v) is 4.99. The molecule has 0 aromatic heterocycles. The van der Waals surface area contributed by atoms with Crippen molar-refractivity contribution in [1.82, 2.24) is 4.90 Å². The highest BCUT2D eigenvalue weighted by atomic mass is 16.1. The van der Waals surface area contributed by atoms with E-state index in [0.717, 1.165) is 13.0 Å². The van der Waals surface area contributed by atoms with E-state index in [9.17, 15) is 4.79 Å². The van der Waals surface area contributed by atoms with Crippen LogP contribution in [0.4, 0.5) is 0 Å². The van der Waals surface area contributed by atoms with Gasteiger partial charge in [0.25, 0.3) is 0 Å². The molecule has 1 saturated carbocycles. The first-order valence-corrected chi connectivity index (χ1v) is 5.31. The van der Waals surface area contributed by atoms with E-state index in [1.165, 1.54) is 6.54 Å². The molecule has 0 aromatic rings. The molecule has 13 heavy (non-hydrogen) atoms. The summed E-state index contributed by atoms with van der Waals surface area (Å²) in [5, 5.41) is 0. The van der Waals surface area contributed by atoms with E-state index < -0.39 is 0 Å². The average molecular weight is 181 g/mol. The minimum Gasteiger partial charge on any atom is -0.306 e. The van der Waals surface area contributed by atoms with Gasteiger partial charge in [-0.2, -0.15) is 0 Å². The van der Waals surface area contributed by atoms with E-state index in [0.29, 0.717) is 29.5 Å². The molecule has 2 rings (SSSR count). The van der Waals surface area contributed by atoms with Gasteiger partial charge in [-0.25, -0.2) is 0 Å². The monoisotopic (exact) mass is 181 g/mol. The Morgan fingerprint density at radius 1 is 1.23 bits per heavy atom. The van der Waals surface area contributed by atoms with Crippen molar-refractivity contribution in [2.24, 2.45) is 23.7 Å². The van der Waals surface area contributed by atoms with Gasteiger partial charge < -0.3 is 4.90 Å². The number of hydrogen-bond acceptors (Lipinski definition) is 2. The highest BCUT2D eigenvalue weighted by Crippen LogP contribution is 2.41. The lowest BCUT2D eigenvalue weighted by Crippen LogP contribution is -2.42. The first-order chi connectivity index (χ1) is 6.09. The maximum atomic E-state index is 11.6. The molecule has 0 spiro atoms. The van der Waals surface area contributed by atoms with Crippen LogP contribution in [0, 0.1) is 23.7 Å². The highest BCUT2D eigenvalue weighted by Gasteiger charge is 2.44. The van der Waals surface area contributed by atoms with Crippen molar-refractivity contribution in [1.29, 1.82) is 0 Å². The summed E-state index contributed by atoms with van der Waals surface area (Å²) in [6, 6.07) is 0. The van der Waals surface area contributed by atoms with Gasteiger partial charge in [0.05, 0.1) is 0 Å². The summed E-state index contributed by atoms with van der Waals surface area (Å²) >= 11 is 0. The third-order valence-corrected chi connectivity index (χ3v) is 3.99. The van der Waals surface area contributed by atoms with Crippen LogP contribution in [-0.4, -0.2) is 30.8 Å². The van der Waals surface area contributed by atoms with Crippen LogP contribution in [0.2, 0.25) is 0 Å². The molecule has 0 bridgehead atoms. The Morgan fingerprint density at radius 3 is 2.62 bits per heavy atom. The Bertz CT molecular complexity index is 226. The Balaban J connectivity index is 2.17. The number of piperidine rings is 1. The zero-order chi connectivity index (χ0) is 9.59. The van der Waals surface area contributed by atoms with Crippen molar-refractivity contribution >= 4 is 5.78 Å². The second kappa shape index (κ2) is 3.09. The van der Waals surface area contributed by atoms with E-state index in [2.05, 4.69) is 25.8 Å². The smallest absolute Gasteiger partial charge is 0.136 e. The molecule has 2 fully saturated rings. The molecule has 1 saturated heterocycles. The van der Waals surface area contributed by atoms with Crippen LogP contribution >= 0.6 is 0 Å². The number of Topliss-reactive ketones (excluding diaryl/α,β-unsaturated/α-hetero) is 1. The lowest BCUT2D eigenvalue weighted by Gasteiger charge is -2.38. The Labute approximate surface area is 80.3 Å². The number of carbonyl (C=O) groups excluding carboxylic acids is 1. The number of carbonyl (C=O) groups is 1. The van der Waals surface area contributed by atoms with Crippen LogP contribution in [0.3, 0.4) is 0 Å². The van der Waals surface area contributed by atoms with Crippen molar-refractivity contribution in [3.8, 4) is 0 Å². The van der Waals surface area contributed by atoms with Crippen molar-refractivity contribution in [2.45, 2.75) is 20.3 Å². The van der Waals surface area contributed by atoms with Gasteiger partial charge in [0.1, 0.15) is 5.78 Å². The number of nitrogens with zero attached hydrogens (tertiary/aromatic N) is 1. The van der Waals surface area contributed by atoms with Gasteiger partial charge in [-0.05, 0) is 24.8 Å². The minimum atomic E-state index is 0.315.